The molecule has 1 saturated heterocycles. The van der Waals surface area contributed by atoms with E-state index in [2.05, 4.69) is 64.2 Å². The third kappa shape index (κ3) is 6.35. The summed E-state index contributed by atoms with van der Waals surface area (Å²) in [4.78, 5) is 24.7. The van der Waals surface area contributed by atoms with E-state index < -0.39 is 6.04 Å². The zero-order chi connectivity index (χ0) is 20.2. The number of thioether (sulfide) groups is 1. The number of amides is 1. The molecule has 0 unspecified atom stereocenters. The van der Waals surface area contributed by atoms with Gasteiger partial charge < -0.3 is 10.1 Å². The van der Waals surface area contributed by atoms with Crippen LogP contribution in [0.2, 0.25) is 0 Å². The molecule has 0 bridgehead atoms. The van der Waals surface area contributed by atoms with Crippen molar-refractivity contribution in [3.63, 3.8) is 0 Å². The van der Waals surface area contributed by atoms with Crippen molar-refractivity contribution < 1.29 is 14.3 Å². The zero-order valence-corrected chi connectivity index (χ0v) is 18.2. The van der Waals surface area contributed by atoms with E-state index in [1.54, 1.807) is 11.8 Å². The van der Waals surface area contributed by atoms with Crippen molar-refractivity contribution in [2.75, 3.05) is 6.61 Å². The molecule has 27 heavy (non-hydrogen) atoms. The highest BCUT2D eigenvalue weighted by Crippen LogP contribution is 2.27. The van der Waals surface area contributed by atoms with Crippen molar-refractivity contribution in [2.45, 2.75) is 76.5 Å². The number of carbonyl (C=O) groups excluding carboxylic acids is 2. The Labute approximate surface area is 167 Å². The molecule has 0 aliphatic carbocycles. The van der Waals surface area contributed by atoms with Crippen molar-refractivity contribution in [3.05, 3.63) is 35.4 Å². The molecule has 1 heterocycles. The summed E-state index contributed by atoms with van der Waals surface area (Å²) < 4.78 is 5.34. The van der Waals surface area contributed by atoms with Gasteiger partial charge in [0.25, 0.3) is 0 Å². The highest BCUT2D eigenvalue weighted by molar-refractivity contribution is 7.99. The molecular weight excluding hydrogens is 358 g/mol. The zero-order valence-electron chi connectivity index (χ0n) is 17.4. The normalized spacial score (nSPS) is 21.5. The number of nitrogens with one attached hydrogen (secondary N) is 1. The summed E-state index contributed by atoms with van der Waals surface area (Å²) in [6, 6.07) is 8.12. The highest BCUT2D eigenvalue weighted by atomic mass is 32.2. The molecule has 1 aromatic rings. The van der Waals surface area contributed by atoms with E-state index in [0.29, 0.717) is 5.92 Å². The molecule has 4 nitrogen and oxygen atoms in total. The van der Waals surface area contributed by atoms with Crippen LogP contribution in [0.5, 0.6) is 0 Å². The lowest BCUT2D eigenvalue weighted by Crippen LogP contribution is -2.47. The van der Waals surface area contributed by atoms with Gasteiger partial charge in [0.05, 0.1) is 11.4 Å². The molecule has 1 fully saturated rings. The van der Waals surface area contributed by atoms with E-state index in [1.807, 2.05) is 6.92 Å². The molecule has 1 N–H and O–H groups in total. The number of Topliss-reactive ketones (excluding diaryl/α,β-unsaturated/α-hetero) is 1. The van der Waals surface area contributed by atoms with Gasteiger partial charge in [-0.2, -0.15) is 0 Å². The summed E-state index contributed by atoms with van der Waals surface area (Å²) in [6.07, 6.45) is 0.531. The number of hydrogen-bond donors (Lipinski definition) is 1. The van der Waals surface area contributed by atoms with Gasteiger partial charge in [0.1, 0.15) is 12.6 Å². The maximum atomic E-state index is 12.8. The summed E-state index contributed by atoms with van der Waals surface area (Å²) in [5, 5.41) is 2.74. The van der Waals surface area contributed by atoms with Gasteiger partial charge in [-0.05, 0) is 35.8 Å². The van der Waals surface area contributed by atoms with Gasteiger partial charge in [0, 0.05) is 5.75 Å². The molecule has 150 valence electrons. The van der Waals surface area contributed by atoms with Gasteiger partial charge in [0.15, 0.2) is 5.78 Å². The lowest BCUT2D eigenvalue weighted by atomic mass is 9.87. The van der Waals surface area contributed by atoms with Gasteiger partial charge in [-0.15, -0.1) is 11.8 Å². The Bertz CT molecular complexity index is 649. The Hall–Kier alpha value is -1.33. The Morgan fingerprint density at radius 3 is 2.37 bits per heavy atom. The lowest BCUT2D eigenvalue weighted by Gasteiger charge is -2.22. The van der Waals surface area contributed by atoms with Crippen LogP contribution in [0.15, 0.2) is 24.3 Å². The molecular formula is C22H33NO3S. The van der Waals surface area contributed by atoms with Crippen LogP contribution in [0.4, 0.5) is 0 Å². The molecule has 0 aromatic heterocycles. The first-order chi connectivity index (χ1) is 12.6. The molecule has 0 radical (unpaired) electrons. The van der Waals surface area contributed by atoms with E-state index in [4.69, 9.17) is 4.74 Å². The number of ether oxygens (including phenoxy) is 1. The summed E-state index contributed by atoms with van der Waals surface area (Å²) in [5.41, 5.74) is 2.66. The fourth-order valence-electron chi connectivity index (χ4n) is 3.08. The van der Waals surface area contributed by atoms with Crippen molar-refractivity contribution in [2.24, 2.45) is 5.92 Å². The van der Waals surface area contributed by atoms with Crippen LogP contribution in [0, 0.1) is 5.92 Å². The van der Waals surface area contributed by atoms with E-state index in [-0.39, 0.29) is 35.1 Å². The lowest BCUT2D eigenvalue weighted by molar-refractivity contribution is -0.126. The van der Waals surface area contributed by atoms with Crippen molar-refractivity contribution in [1.82, 2.24) is 5.32 Å². The monoisotopic (exact) mass is 391 g/mol. The number of hydrogen-bond acceptors (Lipinski definition) is 4. The molecule has 1 amide bonds. The average molecular weight is 392 g/mol. The van der Waals surface area contributed by atoms with Gasteiger partial charge in [0.2, 0.25) is 5.91 Å². The summed E-state index contributed by atoms with van der Waals surface area (Å²) >= 11 is 1.65. The SMILES string of the molecule is CC(C)C[C@H](SCc1ccc(C(C)(C)C)cc1)C(=O)N[C@@H]1C(=O)CO[C@@H]1C. The smallest absolute Gasteiger partial charge is 0.233 e. The molecule has 3 atom stereocenters. The first-order valence-electron chi connectivity index (χ1n) is 9.73. The minimum atomic E-state index is -0.515. The second kappa shape index (κ2) is 9.24. The fraction of sp³-hybridized carbons (Fsp3) is 0.636. The van der Waals surface area contributed by atoms with Crippen LogP contribution < -0.4 is 5.32 Å². The first kappa shape index (κ1) is 22.0. The van der Waals surface area contributed by atoms with Gasteiger partial charge in [-0.25, -0.2) is 0 Å². The third-order valence-corrected chi connectivity index (χ3v) is 6.16. The largest absolute Gasteiger partial charge is 0.368 e. The summed E-state index contributed by atoms with van der Waals surface area (Å²) in [5.74, 6) is 1.09. The average Bonchev–Trinajstić information content (AvgIpc) is 2.89. The van der Waals surface area contributed by atoms with Crippen LogP contribution in [0.3, 0.4) is 0 Å². The first-order valence-corrected chi connectivity index (χ1v) is 10.8. The molecule has 0 saturated carbocycles. The quantitative estimate of drug-likeness (QED) is 0.760. The fourth-order valence-corrected chi connectivity index (χ4v) is 4.41. The minimum absolute atomic E-state index is 0.0399. The molecule has 1 aliphatic heterocycles. The van der Waals surface area contributed by atoms with Crippen LogP contribution in [-0.4, -0.2) is 35.7 Å². The maximum Gasteiger partial charge on any atom is 0.233 e. The standard InChI is InChI=1S/C22H33NO3S/c1-14(2)11-19(21(25)23-20-15(3)26-12-18(20)24)27-13-16-7-9-17(10-8-16)22(4,5)6/h7-10,14-15,19-20H,11-13H2,1-6H3,(H,23,25)/t15-,19+,20+/m1/s1. The van der Waals surface area contributed by atoms with Crippen molar-refractivity contribution in [3.8, 4) is 0 Å². The van der Waals surface area contributed by atoms with Crippen molar-refractivity contribution >= 4 is 23.5 Å². The molecule has 2 rings (SSSR count). The predicted octanol–water partition coefficient (Wildman–Crippen LogP) is 4.10. The molecule has 1 aliphatic rings. The Kier molecular flexibility index (Phi) is 7.52. The van der Waals surface area contributed by atoms with E-state index in [9.17, 15) is 9.59 Å². The molecule has 5 heteroatoms. The topological polar surface area (TPSA) is 55.4 Å². The maximum absolute atomic E-state index is 12.8. The van der Waals surface area contributed by atoms with Crippen LogP contribution in [0.25, 0.3) is 0 Å². The van der Waals surface area contributed by atoms with E-state index in [1.165, 1.54) is 11.1 Å². The van der Waals surface area contributed by atoms with E-state index in [0.717, 1.165) is 12.2 Å². The number of rotatable bonds is 7. The summed E-state index contributed by atoms with van der Waals surface area (Å²) in [6.45, 7) is 12.8. The number of ketones is 1. The number of carbonyl (C=O) groups is 2. The van der Waals surface area contributed by atoms with Crippen LogP contribution in [0.1, 0.15) is 59.1 Å². The minimum Gasteiger partial charge on any atom is -0.368 e. The predicted molar refractivity (Wildman–Crippen MR) is 112 cm³/mol. The second-order valence-electron chi connectivity index (χ2n) is 8.84. The summed E-state index contributed by atoms with van der Waals surface area (Å²) in [7, 11) is 0. The van der Waals surface area contributed by atoms with Gasteiger partial charge >= 0.3 is 0 Å². The Morgan fingerprint density at radius 2 is 1.89 bits per heavy atom. The Morgan fingerprint density at radius 1 is 1.26 bits per heavy atom. The van der Waals surface area contributed by atoms with Crippen LogP contribution >= 0.6 is 11.8 Å². The van der Waals surface area contributed by atoms with Gasteiger partial charge in [-0.3, -0.25) is 9.59 Å². The van der Waals surface area contributed by atoms with Crippen molar-refractivity contribution in [1.29, 1.82) is 0 Å². The third-order valence-electron chi connectivity index (χ3n) is 4.85. The number of benzene rings is 1. The van der Waals surface area contributed by atoms with Gasteiger partial charge in [-0.1, -0.05) is 58.9 Å². The molecule has 1 aromatic carbocycles. The van der Waals surface area contributed by atoms with Crippen LogP contribution in [-0.2, 0) is 25.5 Å². The van der Waals surface area contributed by atoms with E-state index >= 15 is 0 Å². The Balaban J connectivity index is 1.99. The molecule has 0 spiro atoms. The highest BCUT2D eigenvalue weighted by Gasteiger charge is 2.35. The second-order valence-corrected chi connectivity index (χ2v) is 10.0.